The second kappa shape index (κ2) is 5.59. The molecule has 0 fully saturated rings. The number of amides is 1. The third kappa shape index (κ3) is 2.67. The molecule has 0 aromatic heterocycles. The Hall–Kier alpha value is -2.94. The number of carbonyl (C=O) groups is 1. The average Bonchev–Trinajstić information content (AvgIpc) is 2.53. The highest BCUT2D eigenvalue weighted by Crippen LogP contribution is 2.20. The molecule has 3 rings (SSSR count). The molecule has 0 bridgehead atoms. The molecule has 0 spiro atoms. The summed E-state index contributed by atoms with van der Waals surface area (Å²) in [6.07, 6.45) is 1.77. The zero-order valence-electron chi connectivity index (χ0n) is 11.4. The first kappa shape index (κ1) is 13.1. The van der Waals surface area contributed by atoms with Gasteiger partial charge in [-0.1, -0.05) is 54.6 Å². The maximum Gasteiger partial charge on any atom is 0.250 e. The van der Waals surface area contributed by atoms with Crippen molar-refractivity contribution >= 4 is 28.6 Å². The number of nitrogens with two attached hydrogens (primary N) is 1. The van der Waals surface area contributed by atoms with E-state index in [4.69, 9.17) is 5.73 Å². The van der Waals surface area contributed by atoms with Crippen molar-refractivity contribution in [2.75, 3.05) is 0 Å². The molecule has 0 aliphatic carbocycles. The minimum absolute atomic E-state index is 0.425. The van der Waals surface area contributed by atoms with E-state index in [9.17, 15) is 4.79 Å². The third-order valence-corrected chi connectivity index (χ3v) is 3.34. The molecule has 21 heavy (non-hydrogen) atoms. The first-order valence-electron chi connectivity index (χ1n) is 6.66. The van der Waals surface area contributed by atoms with E-state index in [2.05, 4.69) is 23.2 Å². The Bertz CT molecular complexity index is 832. The van der Waals surface area contributed by atoms with Crippen molar-refractivity contribution in [1.82, 2.24) is 0 Å². The Morgan fingerprint density at radius 2 is 1.62 bits per heavy atom. The summed E-state index contributed by atoms with van der Waals surface area (Å²) in [7, 11) is 0. The number of aliphatic imine (C=N–C) groups is 1. The smallest absolute Gasteiger partial charge is 0.250 e. The van der Waals surface area contributed by atoms with Crippen molar-refractivity contribution in [2.24, 2.45) is 10.7 Å². The minimum Gasteiger partial charge on any atom is -0.366 e. The van der Waals surface area contributed by atoms with Crippen LogP contribution in [0.1, 0.15) is 15.9 Å². The molecule has 102 valence electrons. The van der Waals surface area contributed by atoms with Crippen molar-refractivity contribution in [3.8, 4) is 0 Å². The summed E-state index contributed by atoms with van der Waals surface area (Å²) in [5, 5.41) is 2.28. The highest BCUT2D eigenvalue weighted by molar-refractivity contribution is 6.02. The minimum atomic E-state index is -0.472. The lowest BCUT2D eigenvalue weighted by atomic mass is 10.1. The van der Waals surface area contributed by atoms with E-state index >= 15 is 0 Å². The van der Waals surface area contributed by atoms with Crippen LogP contribution in [0.2, 0.25) is 0 Å². The molecule has 0 saturated carbocycles. The number of hydrogen-bond donors (Lipinski definition) is 1. The maximum absolute atomic E-state index is 11.4. The van der Waals surface area contributed by atoms with E-state index in [0.717, 1.165) is 16.3 Å². The standard InChI is InChI=1S/C18H14N2O/c19-18(21)16-10-3-4-11-17(16)20-12-14-8-5-7-13-6-1-2-9-15(13)14/h1-12H,(H2,19,21)/b20-12+. The number of benzene rings is 3. The largest absolute Gasteiger partial charge is 0.366 e. The zero-order valence-corrected chi connectivity index (χ0v) is 11.4. The van der Waals surface area contributed by atoms with Gasteiger partial charge in [-0.15, -0.1) is 0 Å². The molecular weight excluding hydrogens is 260 g/mol. The van der Waals surface area contributed by atoms with Crippen molar-refractivity contribution in [3.63, 3.8) is 0 Å². The van der Waals surface area contributed by atoms with E-state index in [1.54, 1.807) is 24.4 Å². The second-order valence-electron chi connectivity index (χ2n) is 4.71. The van der Waals surface area contributed by atoms with Crippen molar-refractivity contribution in [2.45, 2.75) is 0 Å². The Morgan fingerprint density at radius 1 is 0.905 bits per heavy atom. The number of nitrogens with zero attached hydrogens (tertiary/aromatic N) is 1. The van der Waals surface area contributed by atoms with Gasteiger partial charge in [0.25, 0.3) is 5.91 Å². The molecule has 3 heteroatoms. The fraction of sp³-hybridized carbons (Fsp3) is 0. The van der Waals surface area contributed by atoms with Gasteiger partial charge < -0.3 is 5.73 Å². The molecule has 3 nitrogen and oxygen atoms in total. The lowest BCUT2D eigenvalue weighted by Crippen LogP contribution is -2.10. The second-order valence-corrected chi connectivity index (χ2v) is 4.71. The number of carbonyl (C=O) groups excluding carboxylic acids is 1. The first-order valence-corrected chi connectivity index (χ1v) is 6.66. The number of hydrogen-bond acceptors (Lipinski definition) is 2. The first-order chi connectivity index (χ1) is 10.3. The van der Waals surface area contributed by atoms with Crippen LogP contribution in [0.5, 0.6) is 0 Å². The molecule has 0 unspecified atom stereocenters. The van der Waals surface area contributed by atoms with Crippen LogP contribution >= 0.6 is 0 Å². The van der Waals surface area contributed by atoms with Crippen LogP contribution in [-0.2, 0) is 0 Å². The van der Waals surface area contributed by atoms with Gasteiger partial charge in [0.05, 0.1) is 11.3 Å². The summed E-state index contributed by atoms with van der Waals surface area (Å²) in [5.41, 5.74) is 7.37. The summed E-state index contributed by atoms with van der Waals surface area (Å²) >= 11 is 0. The van der Waals surface area contributed by atoms with E-state index in [1.807, 2.05) is 30.3 Å². The summed E-state index contributed by atoms with van der Waals surface area (Å²) in [4.78, 5) is 15.8. The van der Waals surface area contributed by atoms with Gasteiger partial charge in [-0.2, -0.15) is 0 Å². The van der Waals surface area contributed by atoms with Gasteiger partial charge >= 0.3 is 0 Å². The van der Waals surface area contributed by atoms with Crippen LogP contribution in [0.15, 0.2) is 71.7 Å². The lowest BCUT2D eigenvalue weighted by Gasteiger charge is -2.03. The Balaban J connectivity index is 2.05. The molecule has 2 N–H and O–H groups in total. The maximum atomic E-state index is 11.4. The molecule has 3 aromatic carbocycles. The van der Waals surface area contributed by atoms with Gasteiger partial charge in [0, 0.05) is 11.8 Å². The molecule has 1 amide bonds. The quantitative estimate of drug-likeness (QED) is 0.727. The van der Waals surface area contributed by atoms with Crippen LogP contribution in [0.4, 0.5) is 5.69 Å². The van der Waals surface area contributed by atoms with Crippen LogP contribution < -0.4 is 5.73 Å². The van der Waals surface area contributed by atoms with Crippen molar-refractivity contribution < 1.29 is 4.79 Å². The van der Waals surface area contributed by atoms with E-state index in [0.29, 0.717) is 11.3 Å². The van der Waals surface area contributed by atoms with Crippen molar-refractivity contribution in [1.29, 1.82) is 0 Å². The normalized spacial score (nSPS) is 11.0. The molecule has 0 radical (unpaired) electrons. The van der Waals surface area contributed by atoms with Crippen LogP contribution in [0.25, 0.3) is 10.8 Å². The van der Waals surface area contributed by atoms with Gasteiger partial charge in [0.1, 0.15) is 0 Å². The van der Waals surface area contributed by atoms with Gasteiger partial charge in [-0.05, 0) is 22.9 Å². The predicted octanol–water partition coefficient (Wildman–Crippen LogP) is 3.69. The van der Waals surface area contributed by atoms with E-state index < -0.39 is 5.91 Å². The summed E-state index contributed by atoms with van der Waals surface area (Å²) < 4.78 is 0. The van der Waals surface area contributed by atoms with Gasteiger partial charge in [-0.3, -0.25) is 9.79 Å². The van der Waals surface area contributed by atoms with Crippen LogP contribution in [-0.4, -0.2) is 12.1 Å². The molecule has 0 aliphatic heterocycles. The molecule has 0 aliphatic rings. The predicted molar refractivity (Wildman–Crippen MR) is 86.2 cm³/mol. The Kier molecular flexibility index (Phi) is 3.48. The zero-order chi connectivity index (χ0) is 14.7. The van der Waals surface area contributed by atoms with Crippen molar-refractivity contribution in [3.05, 3.63) is 77.9 Å². The number of fused-ring (bicyclic) bond motifs is 1. The average molecular weight is 274 g/mol. The molecule has 0 atom stereocenters. The summed E-state index contributed by atoms with van der Waals surface area (Å²) in [6, 6.07) is 21.2. The molecular formula is C18H14N2O. The summed E-state index contributed by atoms with van der Waals surface area (Å²) in [5.74, 6) is -0.472. The van der Waals surface area contributed by atoms with Gasteiger partial charge in [0.2, 0.25) is 0 Å². The molecule has 0 saturated heterocycles. The molecule has 3 aromatic rings. The van der Waals surface area contributed by atoms with Gasteiger partial charge in [-0.25, -0.2) is 0 Å². The van der Waals surface area contributed by atoms with E-state index in [1.165, 1.54) is 0 Å². The SMILES string of the molecule is NC(=O)c1ccccc1/N=C/c1cccc2ccccc12. The number of rotatable bonds is 3. The lowest BCUT2D eigenvalue weighted by molar-refractivity contribution is 0.100. The fourth-order valence-electron chi connectivity index (χ4n) is 2.30. The number of para-hydroxylation sites is 1. The Labute approximate surface area is 122 Å². The van der Waals surface area contributed by atoms with Gasteiger partial charge in [0.15, 0.2) is 0 Å². The molecule has 0 heterocycles. The number of primary amides is 1. The van der Waals surface area contributed by atoms with Crippen LogP contribution in [0, 0.1) is 0 Å². The highest BCUT2D eigenvalue weighted by Gasteiger charge is 2.05. The van der Waals surface area contributed by atoms with Crippen LogP contribution in [0.3, 0.4) is 0 Å². The Morgan fingerprint density at radius 3 is 2.48 bits per heavy atom. The third-order valence-electron chi connectivity index (χ3n) is 3.34. The monoisotopic (exact) mass is 274 g/mol. The van der Waals surface area contributed by atoms with E-state index in [-0.39, 0.29) is 0 Å². The fourth-order valence-corrected chi connectivity index (χ4v) is 2.30. The highest BCUT2D eigenvalue weighted by atomic mass is 16.1. The summed E-state index contributed by atoms with van der Waals surface area (Å²) in [6.45, 7) is 0. The topological polar surface area (TPSA) is 55.5 Å².